The Kier molecular flexibility index (Phi) is 2.84. The summed E-state index contributed by atoms with van der Waals surface area (Å²) in [6, 6.07) is 20.6. The van der Waals surface area contributed by atoms with Crippen molar-refractivity contribution in [3.63, 3.8) is 0 Å². The summed E-state index contributed by atoms with van der Waals surface area (Å²) < 4.78 is 0. The molecule has 0 spiro atoms. The van der Waals surface area contributed by atoms with Crippen molar-refractivity contribution in [1.82, 2.24) is 0 Å². The molecule has 0 saturated heterocycles. The lowest BCUT2D eigenvalue weighted by molar-refractivity contribution is 1.44. The van der Waals surface area contributed by atoms with Crippen LogP contribution in [0.25, 0.3) is 10.8 Å². The minimum atomic E-state index is 0.811. The lowest BCUT2D eigenvalue weighted by Gasteiger charge is -2.12. The Morgan fingerprint density at radius 2 is 1.63 bits per heavy atom. The minimum absolute atomic E-state index is 0.811. The summed E-state index contributed by atoms with van der Waals surface area (Å²) in [7, 11) is 0. The predicted molar refractivity (Wildman–Crippen MR) is 82.8 cm³/mol. The van der Waals surface area contributed by atoms with Crippen LogP contribution >= 0.6 is 0 Å². The van der Waals surface area contributed by atoms with Crippen LogP contribution < -0.4 is 11.1 Å². The number of fused-ring (bicyclic) bond motifs is 1. The fourth-order valence-corrected chi connectivity index (χ4v) is 2.21. The molecule has 3 aromatic rings. The van der Waals surface area contributed by atoms with E-state index in [0.717, 1.165) is 22.6 Å². The van der Waals surface area contributed by atoms with Gasteiger partial charge in [-0.05, 0) is 47.5 Å². The third-order valence-electron chi connectivity index (χ3n) is 3.40. The van der Waals surface area contributed by atoms with Crippen LogP contribution in [0.15, 0.2) is 60.7 Å². The van der Waals surface area contributed by atoms with Crippen molar-refractivity contribution < 1.29 is 0 Å². The van der Waals surface area contributed by atoms with Crippen LogP contribution in [0.5, 0.6) is 0 Å². The van der Waals surface area contributed by atoms with Gasteiger partial charge in [-0.2, -0.15) is 0 Å². The van der Waals surface area contributed by atoms with Crippen LogP contribution in [0, 0.1) is 6.92 Å². The Bertz CT molecular complexity index is 732. The molecule has 2 nitrogen and oxygen atoms in total. The predicted octanol–water partition coefficient (Wildman–Crippen LogP) is 4.47. The molecular weight excluding hydrogens is 232 g/mol. The van der Waals surface area contributed by atoms with Gasteiger partial charge in [0, 0.05) is 17.1 Å². The van der Waals surface area contributed by atoms with E-state index in [1.807, 2.05) is 25.1 Å². The molecule has 0 atom stereocenters. The molecular formula is C17H16N2. The van der Waals surface area contributed by atoms with Gasteiger partial charge in [-0.25, -0.2) is 0 Å². The highest BCUT2D eigenvalue weighted by molar-refractivity contribution is 5.86. The van der Waals surface area contributed by atoms with E-state index < -0.39 is 0 Å². The molecule has 0 bridgehead atoms. The van der Waals surface area contributed by atoms with Crippen molar-refractivity contribution >= 4 is 27.8 Å². The normalized spacial score (nSPS) is 10.6. The summed E-state index contributed by atoms with van der Waals surface area (Å²) in [6.07, 6.45) is 0. The monoisotopic (exact) mass is 248 g/mol. The van der Waals surface area contributed by atoms with Crippen molar-refractivity contribution in [2.45, 2.75) is 6.92 Å². The van der Waals surface area contributed by atoms with E-state index >= 15 is 0 Å². The van der Waals surface area contributed by atoms with Gasteiger partial charge in [-0.15, -0.1) is 0 Å². The fraction of sp³-hybridized carbons (Fsp3) is 0.0588. The molecule has 0 radical (unpaired) electrons. The lowest BCUT2D eigenvalue weighted by atomic mass is 10.1. The molecule has 19 heavy (non-hydrogen) atoms. The SMILES string of the molecule is Cc1c(N)cccc1Nc1ccc2ccccc2c1. The molecule has 94 valence electrons. The molecule has 0 fully saturated rings. The van der Waals surface area contributed by atoms with E-state index in [1.165, 1.54) is 10.8 Å². The van der Waals surface area contributed by atoms with Crippen LogP contribution in [0.3, 0.4) is 0 Å². The Balaban J connectivity index is 1.99. The van der Waals surface area contributed by atoms with Crippen LogP contribution in [-0.2, 0) is 0 Å². The van der Waals surface area contributed by atoms with E-state index in [2.05, 4.69) is 47.8 Å². The number of hydrogen-bond acceptors (Lipinski definition) is 2. The quantitative estimate of drug-likeness (QED) is 0.656. The number of nitrogens with one attached hydrogen (secondary N) is 1. The van der Waals surface area contributed by atoms with Crippen LogP contribution in [-0.4, -0.2) is 0 Å². The van der Waals surface area contributed by atoms with Crippen molar-refractivity contribution in [1.29, 1.82) is 0 Å². The Morgan fingerprint density at radius 3 is 2.47 bits per heavy atom. The average molecular weight is 248 g/mol. The Hall–Kier alpha value is -2.48. The summed E-state index contributed by atoms with van der Waals surface area (Å²) in [5.74, 6) is 0. The lowest BCUT2D eigenvalue weighted by Crippen LogP contribution is -1.96. The van der Waals surface area contributed by atoms with Gasteiger partial charge in [0.2, 0.25) is 0 Å². The third kappa shape index (κ3) is 2.25. The molecule has 2 heteroatoms. The molecule has 3 aromatic carbocycles. The van der Waals surface area contributed by atoms with Gasteiger partial charge in [-0.1, -0.05) is 36.4 Å². The first kappa shape index (κ1) is 11.6. The molecule has 0 saturated carbocycles. The Morgan fingerprint density at radius 1 is 0.842 bits per heavy atom. The highest BCUT2D eigenvalue weighted by Crippen LogP contribution is 2.26. The maximum atomic E-state index is 5.92. The molecule has 0 aliphatic rings. The second kappa shape index (κ2) is 4.65. The number of hydrogen-bond donors (Lipinski definition) is 2. The van der Waals surface area contributed by atoms with Gasteiger partial charge in [0.15, 0.2) is 0 Å². The van der Waals surface area contributed by atoms with Crippen LogP contribution in [0.1, 0.15) is 5.56 Å². The largest absolute Gasteiger partial charge is 0.398 e. The van der Waals surface area contributed by atoms with Gasteiger partial charge >= 0.3 is 0 Å². The summed E-state index contributed by atoms with van der Waals surface area (Å²) >= 11 is 0. The molecule has 3 rings (SSSR count). The fourth-order valence-electron chi connectivity index (χ4n) is 2.21. The second-order valence-corrected chi connectivity index (χ2v) is 4.71. The van der Waals surface area contributed by atoms with Gasteiger partial charge in [0.05, 0.1) is 0 Å². The number of benzene rings is 3. The van der Waals surface area contributed by atoms with E-state index in [9.17, 15) is 0 Å². The second-order valence-electron chi connectivity index (χ2n) is 4.71. The van der Waals surface area contributed by atoms with Crippen molar-refractivity contribution in [3.8, 4) is 0 Å². The summed E-state index contributed by atoms with van der Waals surface area (Å²) in [5, 5.41) is 5.90. The average Bonchev–Trinajstić information content (AvgIpc) is 2.44. The standard InChI is InChI=1S/C17H16N2/c1-12-16(18)7-4-8-17(12)19-15-10-9-13-5-2-3-6-14(13)11-15/h2-11,19H,18H2,1H3. The zero-order valence-corrected chi connectivity index (χ0v) is 10.9. The van der Waals surface area contributed by atoms with Crippen LogP contribution in [0.2, 0.25) is 0 Å². The van der Waals surface area contributed by atoms with E-state index in [0.29, 0.717) is 0 Å². The molecule has 0 amide bonds. The van der Waals surface area contributed by atoms with Crippen molar-refractivity contribution in [2.75, 3.05) is 11.1 Å². The van der Waals surface area contributed by atoms with Crippen molar-refractivity contribution in [3.05, 3.63) is 66.2 Å². The third-order valence-corrected chi connectivity index (χ3v) is 3.40. The maximum absolute atomic E-state index is 5.92. The highest BCUT2D eigenvalue weighted by Gasteiger charge is 2.02. The molecule has 0 heterocycles. The van der Waals surface area contributed by atoms with Crippen LogP contribution in [0.4, 0.5) is 17.1 Å². The van der Waals surface area contributed by atoms with Gasteiger partial charge in [0.1, 0.15) is 0 Å². The van der Waals surface area contributed by atoms with E-state index in [4.69, 9.17) is 5.73 Å². The Labute approximate surface area is 112 Å². The highest BCUT2D eigenvalue weighted by atomic mass is 14.9. The first-order valence-corrected chi connectivity index (χ1v) is 6.35. The molecule has 0 aromatic heterocycles. The first-order chi connectivity index (χ1) is 9.24. The van der Waals surface area contributed by atoms with Gasteiger partial charge in [-0.3, -0.25) is 0 Å². The molecule has 0 aliphatic carbocycles. The smallest absolute Gasteiger partial charge is 0.0434 e. The topological polar surface area (TPSA) is 38.0 Å². The number of nitrogen functional groups attached to an aromatic ring is 1. The number of anilines is 3. The zero-order valence-electron chi connectivity index (χ0n) is 10.9. The van der Waals surface area contributed by atoms with Crippen molar-refractivity contribution in [2.24, 2.45) is 0 Å². The van der Waals surface area contributed by atoms with Gasteiger partial charge < -0.3 is 11.1 Å². The molecule has 0 unspecified atom stereocenters. The summed E-state index contributed by atoms with van der Waals surface area (Å²) in [6.45, 7) is 2.03. The first-order valence-electron chi connectivity index (χ1n) is 6.35. The van der Waals surface area contributed by atoms with Gasteiger partial charge in [0.25, 0.3) is 0 Å². The summed E-state index contributed by atoms with van der Waals surface area (Å²) in [5.41, 5.74) is 9.94. The minimum Gasteiger partial charge on any atom is -0.398 e. The number of rotatable bonds is 2. The number of nitrogens with two attached hydrogens (primary N) is 1. The molecule has 3 N–H and O–H groups in total. The maximum Gasteiger partial charge on any atom is 0.0434 e. The molecule has 0 aliphatic heterocycles. The summed E-state index contributed by atoms with van der Waals surface area (Å²) in [4.78, 5) is 0. The van der Waals surface area contributed by atoms with E-state index in [-0.39, 0.29) is 0 Å². The zero-order chi connectivity index (χ0) is 13.2. The van der Waals surface area contributed by atoms with E-state index in [1.54, 1.807) is 0 Å².